The van der Waals surface area contributed by atoms with Gasteiger partial charge in [-0.2, -0.15) is 0 Å². The van der Waals surface area contributed by atoms with Gasteiger partial charge in [-0.15, -0.1) is 0 Å². The number of rotatable bonds is 5. The largest absolute Gasteiger partial charge is 0.496 e. The second kappa shape index (κ2) is 6.58. The Morgan fingerprint density at radius 3 is 2.35 bits per heavy atom. The lowest BCUT2D eigenvalue weighted by Gasteiger charge is -2.17. The molecule has 0 spiro atoms. The fourth-order valence-electron chi connectivity index (χ4n) is 2.58. The molecule has 2 rings (SSSR count). The summed E-state index contributed by atoms with van der Waals surface area (Å²) >= 11 is 0. The normalized spacial score (nSPS) is 12.2. The molecule has 2 heteroatoms. The monoisotopic (exact) mass is 269 g/mol. The van der Waals surface area contributed by atoms with Crippen LogP contribution in [0.5, 0.6) is 5.75 Å². The van der Waals surface area contributed by atoms with Crippen LogP contribution in [-0.2, 0) is 6.54 Å². The van der Waals surface area contributed by atoms with E-state index in [1.54, 1.807) is 7.11 Å². The lowest BCUT2D eigenvalue weighted by molar-refractivity contribution is 0.401. The van der Waals surface area contributed by atoms with Gasteiger partial charge in [0, 0.05) is 18.2 Å². The highest BCUT2D eigenvalue weighted by molar-refractivity contribution is 5.35. The summed E-state index contributed by atoms with van der Waals surface area (Å²) in [7, 11) is 1.72. The molecule has 0 fully saturated rings. The van der Waals surface area contributed by atoms with Gasteiger partial charge < -0.3 is 10.1 Å². The minimum atomic E-state index is 0.256. The van der Waals surface area contributed by atoms with E-state index < -0.39 is 0 Å². The molecule has 0 heterocycles. The van der Waals surface area contributed by atoms with Gasteiger partial charge in [-0.05, 0) is 32.4 Å². The lowest BCUT2D eigenvalue weighted by Crippen LogP contribution is -2.18. The average molecular weight is 269 g/mol. The lowest BCUT2D eigenvalue weighted by atomic mass is 10.1. The molecule has 2 aromatic carbocycles. The number of hydrogen-bond acceptors (Lipinski definition) is 2. The number of methoxy groups -OCH3 is 1. The molecule has 0 aliphatic carbocycles. The van der Waals surface area contributed by atoms with Crippen LogP contribution in [0.4, 0.5) is 0 Å². The summed E-state index contributed by atoms with van der Waals surface area (Å²) in [5, 5.41) is 3.56. The van der Waals surface area contributed by atoms with Crippen LogP contribution in [-0.4, -0.2) is 7.11 Å². The van der Waals surface area contributed by atoms with Crippen LogP contribution in [0, 0.1) is 13.8 Å². The van der Waals surface area contributed by atoms with Crippen molar-refractivity contribution in [1.29, 1.82) is 0 Å². The smallest absolute Gasteiger partial charge is 0.123 e. The number of aryl methyl sites for hydroxylation is 2. The van der Waals surface area contributed by atoms with E-state index in [9.17, 15) is 0 Å². The SMILES string of the molecule is COc1ccccc1[C@@H](C)NCc1cc(C)cc(C)c1. The first-order chi connectivity index (χ1) is 9.60. The van der Waals surface area contributed by atoms with E-state index >= 15 is 0 Å². The molecule has 1 N–H and O–H groups in total. The summed E-state index contributed by atoms with van der Waals surface area (Å²) in [5.74, 6) is 0.938. The van der Waals surface area contributed by atoms with Crippen molar-refractivity contribution in [3.63, 3.8) is 0 Å². The van der Waals surface area contributed by atoms with Gasteiger partial charge in [0.15, 0.2) is 0 Å². The molecule has 0 aromatic heterocycles. The number of nitrogens with one attached hydrogen (secondary N) is 1. The predicted molar refractivity (Wildman–Crippen MR) is 84.2 cm³/mol. The number of hydrogen-bond donors (Lipinski definition) is 1. The third-order valence-corrected chi connectivity index (χ3v) is 3.50. The van der Waals surface area contributed by atoms with Crippen LogP contribution in [0.3, 0.4) is 0 Å². The van der Waals surface area contributed by atoms with Crippen LogP contribution in [0.15, 0.2) is 42.5 Å². The van der Waals surface area contributed by atoms with Gasteiger partial charge in [-0.3, -0.25) is 0 Å². The fourth-order valence-corrected chi connectivity index (χ4v) is 2.58. The highest BCUT2D eigenvalue weighted by Gasteiger charge is 2.10. The van der Waals surface area contributed by atoms with Gasteiger partial charge in [0.2, 0.25) is 0 Å². The van der Waals surface area contributed by atoms with Gasteiger partial charge in [-0.1, -0.05) is 47.5 Å². The van der Waals surface area contributed by atoms with Gasteiger partial charge in [0.1, 0.15) is 5.75 Å². The van der Waals surface area contributed by atoms with Crippen LogP contribution in [0.2, 0.25) is 0 Å². The summed E-state index contributed by atoms with van der Waals surface area (Å²) in [6.07, 6.45) is 0. The van der Waals surface area contributed by atoms with E-state index in [-0.39, 0.29) is 6.04 Å². The minimum Gasteiger partial charge on any atom is -0.496 e. The van der Waals surface area contributed by atoms with Crippen molar-refractivity contribution in [2.45, 2.75) is 33.4 Å². The second-order valence-electron chi connectivity index (χ2n) is 5.34. The molecule has 0 saturated carbocycles. The first-order valence-electron chi connectivity index (χ1n) is 7.03. The molecular weight excluding hydrogens is 246 g/mol. The molecule has 0 aliphatic heterocycles. The molecule has 0 unspecified atom stereocenters. The standard InChI is InChI=1S/C18H23NO/c1-13-9-14(2)11-16(10-13)12-19-15(3)17-7-5-6-8-18(17)20-4/h5-11,15,19H,12H2,1-4H3/t15-/m1/s1. The maximum absolute atomic E-state index is 5.42. The maximum Gasteiger partial charge on any atom is 0.123 e. The van der Waals surface area contributed by atoms with E-state index in [2.05, 4.69) is 50.4 Å². The first-order valence-corrected chi connectivity index (χ1v) is 7.03. The molecule has 0 aliphatic rings. The van der Waals surface area contributed by atoms with E-state index in [0.29, 0.717) is 0 Å². The van der Waals surface area contributed by atoms with Crippen LogP contribution in [0.25, 0.3) is 0 Å². The zero-order chi connectivity index (χ0) is 14.5. The average Bonchev–Trinajstić information content (AvgIpc) is 2.43. The Balaban J connectivity index is 2.06. The Labute approximate surface area is 121 Å². The number of para-hydroxylation sites is 1. The zero-order valence-corrected chi connectivity index (χ0v) is 12.7. The Kier molecular flexibility index (Phi) is 4.80. The van der Waals surface area contributed by atoms with E-state index in [1.807, 2.05) is 18.2 Å². The zero-order valence-electron chi connectivity index (χ0n) is 12.7. The molecular formula is C18H23NO. The van der Waals surface area contributed by atoms with Gasteiger partial charge in [0.05, 0.1) is 7.11 Å². The Bertz CT molecular complexity index is 557. The Morgan fingerprint density at radius 1 is 1.05 bits per heavy atom. The van der Waals surface area contributed by atoms with E-state index in [0.717, 1.165) is 12.3 Å². The van der Waals surface area contributed by atoms with Gasteiger partial charge in [0.25, 0.3) is 0 Å². The van der Waals surface area contributed by atoms with Crippen molar-refractivity contribution in [1.82, 2.24) is 5.32 Å². The molecule has 2 nitrogen and oxygen atoms in total. The second-order valence-corrected chi connectivity index (χ2v) is 5.34. The van der Waals surface area contributed by atoms with Crippen molar-refractivity contribution in [3.8, 4) is 5.75 Å². The highest BCUT2D eigenvalue weighted by Crippen LogP contribution is 2.24. The number of ether oxygens (including phenoxy) is 1. The quantitative estimate of drug-likeness (QED) is 0.880. The molecule has 20 heavy (non-hydrogen) atoms. The molecule has 106 valence electrons. The predicted octanol–water partition coefficient (Wildman–Crippen LogP) is 4.16. The third kappa shape index (κ3) is 3.61. The summed E-state index contributed by atoms with van der Waals surface area (Å²) < 4.78 is 5.42. The molecule has 0 radical (unpaired) electrons. The van der Waals surface area contributed by atoms with Crippen molar-refractivity contribution < 1.29 is 4.74 Å². The first kappa shape index (κ1) is 14.6. The van der Waals surface area contributed by atoms with E-state index in [1.165, 1.54) is 22.3 Å². The molecule has 0 amide bonds. The van der Waals surface area contributed by atoms with Crippen LogP contribution in [0.1, 0.15) is 35.2 Å². The van der Waals surface area contributed by atoms with Crippen LogP contribution < -0.4 is 10.1 Å². The minimum absolute atomic E-state index is 0.256. The van der Waals surface area contributed by atoms with Crippen LogP contribution >= 0.6 is 0 Å². The van der Waals surface area contributed by atoms with Gasteiger partial charge >= 0.3 is 0 Å². The van der Waals surface area contributed by atoms with Crippen molar-refractivity contribution in [2.24, 2.45) is 0 Å². The summed E-state index contributed by atoms with van der Waals surface area (Å²) in [6.45, 7) is 7.31. The topological polar surface area (TPSA) is 21.3 Å². The fraction of sp³-hybridized carbons (Fsp3) is 0.333. The van der Waals surface area contributed by atoms with Crippen molar-refractivity contribution in [2.75, 3.05) is 7.11 Å². The maximum atomic E-state index is 5.42. The van der Waals surface area contributed by atoms with E-state index in [4.69, 9.17) is 4.74 Å². The third-order valence-electron chi connectivity index (χ3n) is 3.50. The van der Waals surface area contributed by atoms with Gasteiger partial charge in [-0.25, -0.2) is 0 Å². The summed E-state index contributed by atoms with van der Waals surface area (Å²) in [4.78, 5) is 0. The van der Waals surface area contributed by atoms with Crippen molar-refractivity contribution in [3.05, 3.63) is 64.7 Å². The summed E-state index contributed by atoms with van der Waals surface area (Å²) in [5.41, 5.74) is 5.14. The molecule has 0 saturated heterocycles. The molecule has 0 bridgehead atoms. The summed E-state index contributed by atoms with van der Waals surface area (Å²) in [6, 6.07) is 15.1. The molecule has 1 atom stereocenters. The Hall–Kier alpha value is -1.80. The molecule has 2 aromatic rings. The Morgan fingerprint density at radius 2 is 1.70 bits per heavy atom. The number of benzene rings is 2. The highest BCUT2D eigenvalue weighted by atomic mass is 16.5. The van der Waals surface area contributed by atoms with Crippen molar-refractivity contribution >= 4 is 0 Å².